The average molecular weight is 221 g/mol. The Morgan fingerprint density at radius 1 is 1.46 bits per heavy atom. The Labute approximate surface area is 88.8 Å². The van der Waals surface area contributed by atoms with Gasteiger partial charge >= 0.3 is 0 Å². The fourth-order valence-electron chi connectivity index (χ4n) is 1.17. The van der Waals surface area contributed by atoms with Crippen molar-refractivity contribution < 1.29 is 0 Å². The second-order valence-corrected chi connectivity index (χ2v) is 3.70. The predicted molar refractivity (Wildman–Crippen MR) is 56.5 cm³/mol. The zero-order valence-electron chi connectivity index (χ0n) is 7.71. The Bertz CT molecular complexity index is 244. The third kappa shape index (κ3) is 3.20. The minimum Gasteiger partial charge on any atom is -0.273 e. The van der Waals surface area contributed by atoms with Crippen LogP contribution < -0.4 is 0 Å². The molecular weight excluding hydrogens is 207 g/mol. The summed E-state index contributed by atoms with van der Waals surface area (Å²) in [6.07, 6.45) is 4.86. The van der Waals surface area contributed by atoms with Gasteiger partial charge in [-0.2, -0.15) is 5.10 Å². The van der Waals surface area contributed by atoms with Gasteiger partial charge < -0.3 is 0 Å². The van der Waals surface area contributed by atoms with Gasteiger partial charge in [-0.15, -0.1) is 23.2 Å². The van der Waals surface area contributed by atoms with E-state index < -0.39 is 0 Å². The summed E-state index contributed by atoms with van der Waals surface area (Å²) in [6, 6.07) is 0. The van der Waals surface area contributed by atoms with Gasteiger partial charge in [0, 0.05) is 24.5 Å². The Morgan fingerprint density at radius 2 is 2.15 bits per heavy atom. The Balaban J connectivity index is 2.52. The van der Waals surface area contributed by atoms with Crippen LogP contribution in [0.1, 0.15) is 12.5 Å². The summed E-state index contributed by atoms with van der Waals surface area (Å²) in [7, 11) is 0. The largest absolute Gasteiger partial charge is 0.273 e. The van der Waals surface area contributed by atoms with Crippen LogP contribution in [0.4, 0.5) is 0 Å². The van der Waals surface area contributed by atoms with Gasteiger partial charge in [0.2, 0.25) is 0 Å². The van der Waals surface area contributed by atoms with Crippen molar-refractivity contribution in [3.63, 3.8) is 0 Å². The van der Waals surface area contributed by atoms with Crippen LogP contribution in [0, 0.1) is 5.92 Å². The topological polar surface area (TPSA) is 17.8 Å². The molecule has 0 atom stereocenters. The van der Waals surface area contributed by atoms with E-state index in [0.717, 1.165) is 13.0 Å². The first kappa shape index (κ1) is 10.9. The molecule has 0 fully saturated rings. The molecule has 1 aromatic rings. The van der Waals surface area contributed by atoms with Crippen molar-refractivity contribution >= 4 is 23.2 Å². The smallest absolute Gasteiger partial charge is 0.0521 e. The minimum absolute atomic E-state index is 0.359. The fraction of sp³-hybridized carbons (Fsp3) is 0.667. The number of alkyl halides is 2. The van der Waals surface area contributed by atoms with E-state index in [-0.39, 0.29) is 0 Å². The molecule has 1 rings (SSSR count). The molecule has 0 saturated heterocycles. The number of nitrogens with zero attached hydrogens (tertiary/aromatic N) is 2. The fourth-order valence-corrected chi connectivity index (χ4v) is 1.72. The molecule has 0 amide bonds. The van der Waals surface area contributed by atoms with Crippen molar-refractivity contribution in [3.05, 3.63) is 18.0 Å². The summed E-state index contributed by atoms with van der Waals surface area (Å²) in [5.41, 5.74) is 1.22. The molecule has 13 heavy (non-hydrogen) atoms. The van der Waals surface area contributed by atoms with Gasteiger partial charge in [-0.25, -0.2) is 0 Å². The van der Waals surface area contributed by atoms with E-state index in [9.17, 15) is 0 Å². The SMILES string of the molecule is CCn1cc(CC(CCl)CCl)cn1. The molecule has 0 saturated carbocycles. The lowest BCUT2D eigenvalue weighted by Gasteiger charge is -2.06. The lowest BCUT2D eigenvalue weighted by molar-refractivity contribution is 0.648. The van der Waals surface area contributed by atoms with E-state index in [1.807, 2.05) is 17.1 Å². The Morgan fingerprint density at radius 3 is 2.62 bits per heavy atom. The van der Waals surface area contributed by atoms with Crippen LogP contribution in [-0.2, 0) is 13.0 Å². The van der Waals surface area contributed by atoms with Crippen LogP contribution in [0.5, 0.6) is 0 Å². The van der Waals surface area contributed by atoms with Crippen molar-refractivity contribution in [2.45, 2.75) is 19.9 Å². The molecule has 0 aliphatic rings. The van der Waals surface area contributed by atoms with Gasteiger partial charge in [-0.05, 0) is 24.8 Å². The molecule has 2 nitrogen and oxygen atoms in total. The molecule has 0 aliphatic carbocycles. The van der Waals surface area contributed by atoms with Crippen LogP contribution in [0.2, 0.25) is 0 Å². The highest BCUT2D eigenvalue weighted by Gasteiger charge is 2.08. The summed E-state index contributed by atoms with van der Waals surface area (Å²) in [4.78, 5) is 0. The second kappa shape index (κ2) is 5.51. The van der Waals surface area contributed by atoms with E-state index in [1.54, 1.807) is 0 Å². The molecule has 0 aromatic carbocycles. The van der Waals surface area contributed by atoms with Crippen molar-refractivity contribution in [1.82, 2.24) is 9.78 Å². The van der Waals surface area contributed by atoms with Gasteiger partial charge in [0.15, 0.2) is 0 Å². The molecule has 0 bridgehead atoms. The summed E-state index contributed by atoms with van der Waals surface area (Å²) in [5.74, 6) is 1.58. The van der Waals surface area contributed by atoms with Crippen molar-refractivity contribution in [2.24, 2.45) is 5.92 Å². The van der Waals surface area contributed by atoms with E-state index in [2.05, 4.69) is 12.0 Å². The number of aryl methyl sites for hydroxylation is 1. The van der Waals surface area contributed by atoms with Crippen LogP contribution in [0.15, 0.2) is 12.4 Å². The van der Waals surface area contributed by atoms with Gasteiger partial charge in [0.05, 0.1) is 6.20 Å². The first-order valence-corrected chi connectivity index (χ1v) is 5.50. The number of aromatic nitrogens is 2. The van der Waals surface area contributed by atoms with Gasteiger partial charge in [0.25, 0.3) is 0 Å². The molecule has 0 aliphatic heterocycles. The third-order valence-electron chi connectivity index (χ3n) is 1.97. The van der Waals surface area contributed by atoms with Crippen LogP contribution >= 0.6 is 23.2 Å². The molecule has 1 heterocycles. The lowest BCUT2D eigenvalue weighted by Crippen LogP contribution is -2.07. The third-order valence-corrected chi connectivity index (χ3v) is 2.84. The van der Waals surface area contributed by atoms with Crippen molar-refractivity contribution in [1.29, 1.82) is 0 Å². The maximum absolute atomic E-state index is 5.75. The number of hydrogen-bond acceptors (Lipinski definition) is 1. The summed E-state index contributed by atoms with van der Waals surface area (Å²) in [5, 5.41) is 4.19. The van der Waals surface area contributed by atoms with E-state index in [1.165, 1.54) is 5.56 Å². The standard InChI is InChI=1S/C9H14Cl2N2/c1-2-13-7-9(6-12-13)3-8(4-10)5-11/h6-8H,2-5H2,1H3. The predicted octanol–water partition coefficient (Wildman–Crippen LogP) is 2.54. The summed E-state index contributed by atoms with van der Waals surface area (Å²) >= 11 is 11.5. The molecule has 0 unspecified atom stereocenters. The normalized spacial score (nSPS) is 11.1. The molecule has 1 aromatic heterocycles. The van der Waals surface area contributed by atoms with E-state index in [0.29, 0.717) is 17.7 Å². The highest BCUT2D eigenvalue weighted by atomic mass is 35.5. The first-order chi connectivity index (χ1) is 6.30. The average Bonchev–Trinajstić information content (AvgIpc) is 2.61. The zero-order chi connectivity index (χ0) is 9.68. The van der Waals surface area contributed by atoms with Crippen LogP contribution in [0.3, 0.4) is 0 Å². The molecule has 74 valence electrons. The quantitative estimate of drug-likeness (QED) is 0.698. The second-order valence-electron chi connectivity index (χ2n) is 3.08. The summed E-state index contributed by atoms with van der Waals surface area (Å²) < 4.78 is 1.91. The Kier molecular flexibility index (Phi) is 4.60. The van der Waals surface area contributed by atoms with Crippen LogP contribution in [0.25, 0.3) is 0 Å². The molecule has 0 radical (unpaired) electrons. The highest BCUT2D eigenvalue weighted by molar-refractivity contribution is 6.20. The zero-order valence-corrected chi connectivity index (χ0v) is 9.22. The van der Waals surface area contributed by atoms with E-state index >= 15 is 0 Å². The Hall–Kier alpha value is -0.210. The molecule has 0 spiro atoms. The van der Waals surface area contributed by atoms with Gasteiger partial charge in [-0.3, -0.25) is 4.68 Å². The maximum atomic E-state index is 5.75. The first-order valence-electron chi connectivity index (χ1n) is 4.43. The maximum Gasteiger partial charge on any atom is 0.0521 e. The summed E-state index contributed by atoms with van der Waals surface area (Å²) in [6.45, 7) is 2.98. The molecular formula is C9H14Cl2N2. The number of halogens is 2. The van der Waals surface area contributed by atoms with Crippen LogP contribution in [-0.4, -0.2) is 21.5 Å². The monoisotopic (exact) mass is 220 g/mol. The minimum atomic E-state index is 0.359. The van der Waals surface area contributed by atoms with Gasteiger partial charge in [-0.1, -0.05) is 0 Å². The molecule has 4 heteroatoms. The molecule has 0 N–H and O–H groups in total. The number of rotatable bonds is 5. The number of hydrogen-bond donors (Lipinski definition) is 0. The highest BCUT2D eigenvalue weighted by Crippen LogP contribution is 2.11. The lowest BCUT2D eigenvalue weighted by atomic mass is 10.1. The van der Waals surface area contributed by atoms with Gasteiger partial charge in [0.1, 0.15) is 0 Å². The van der Waals surface area contributed by atoms with Crippen molar-refractivity contribution in [2.75, 3.05) is 11.8 Å². The van der Waals surface area contributed by atoms with Crippen molar-refractivity contribution in [3.8, 4) is 0 Å². The van der Waals surface area contributed by atoms with E-state index in [4.69, 9.17) is 23.2 Å².